The van der Waals surface area contributed by atoms with Gasteiger partial charge in [0.2, 0.25) is 0 Å². The van der Waals surface area contributed by atoms with Gasteiger partial charge in [-0.2, -0.15) is 0 Å². The summed E-state index contributed by atoms with van der Waals surface area (Å²) in [5.74, 6) is 0. The smallest absolute Gasteiger partial charge is 0.0645 e. The van der Waals surface area contributed by atoms with E-state index in [1.165, 1.54) is 10.8 Å². The quantitative estimate of drug-likeness (QED) is 0.154. The number of nitrogens with zero attached hydrogens (tertiary/aromatic N) is 1. The molecule has 0 radical (unpaired) electrons. The Morgan fingerprint density at radius 3 is 1.58 bits per heavy atom. The summed E-state index contributed by atoms with van der Waals surface area (Å²) in [6.07, 6.45) is 0. The van der Waals surface area contributed by atoms with Crippen LogP contribution in [0.1, 0.15) is 5.48 Å². The summed E-state index contributed by atoms with van der Waals surface area (Å²) < 4.78 is 38.0. The Labute approximate surface area is 317 Å². The van der Waals surface area contributed by atoms with Crippen LogP contribution >= 0.6 is 0 Å². The van der Waals surface area contributed by atoms with E-state index in [1.807, 2.05) is 132 Å². The third kappa shape index (κ3) is 6.42. The van der Waals surface area contributed by atoms with E-state index in [9.17, 15) is 5.48 Å². The fourth-order valence-electron chi connectivity index (χ4n) is 7.18. The Morgan fingerprint density at radius 2 is 0.868 bits per heavy atom. The van der Waals surface area contributed by atoms with Crippen LogP contribution in [0.5, 0.6) is 0 Å². The van der Waals surface area contributed by atoms with Crippen LogP contribution < -0.4 is 4.90 Å². The monoisotopic (exact) mass is 679 g/mol. The molecule has 9 aromatic rings. The number of para-hydroxylation sites is 1. The van der Waals surface area contributed by atoms with Crippen molar-refractivity contribution in [2.45, 2.75) is 0 Å². The third-order valence-electron chi connectivity index (χ3n) is 9.75. The molecule has 0 fully saturated rings. The molecule has 0 N–H and O–H groups in total. The van der Waals surface area contributed by atoms with Gasteiger partial charge >= 0.3 is 0 Å². The van der Waals surface area contributed by atoms with Gasteiger partial charge in [0.15, 0.2) is 0 Å². The fourth-order valence-corrected chi connectivity index (χ4v) is 7.18. The van der Waals surface area contributed by atoms with Crippen molar-refractivity contribution in [2.75, 3.05) is 4.90 Å². The lowest BCUT2D eigenvalue weighted by molar-refractivity contribution is 1.28. The minimum absolute atomic E-state index is 0.0984. The molecular formula is C52H37N. The van der Waals surface area contributed by atoms with Crippen molar-refractivity contribution in [1.29, 1.82) is 0 Å². The average Bonchev–Trinajstić information content (AvgIpc) is 3.28. The molecule has 0 saturated carbocycles. The van der Waals surface area contributed by atoms with Gasteiger partial charge in [-0.1, -0.05) is 188 Å². The van der Waals surface area contributed by atoms with E-state index in [0.29, 0.717) is 11.3 Å². The second-order valence-corrected chi connectivity index (χ2v) is 13.0. The zero-order valence-electron chi connectivity index (χ0n) is 33.0. The van der Waals surface area contributed by atoms with Crippen molar-refractivity contribution in [3.05, 3.63) is 224 Å². The van der Waals surface area contributed by atoms with Crippen molar-refractivity contribution in [2.24, 2.45) is 0 Å². The summed E-state index contributed by atoms with van der Waals surface area (Å²) in [5, 5.41) is 2.33. The number of fused-ring (bicyclic) bond motifs is 1. The van der Waals surface area contributed by atoms with E-state index in [0.717, 1.165) is 50.2 Å². The number of anilines is 3. The highest BCUT2D eigenvalue weighted by molar-refractivity contribution is 6.04. The van der Waals surface area contributed by atoms with Gasteiger partial charge in [0.05, 0.1) is 11.2 Å². The third-order valence-corrected chi connectivity index (χ3v) is 9.75. The van der Waals surface area contributed by atoms with Crippen LogP contribution in [0.25, 0.3) is 66.4 Å². The molecule has 0 atom stereocenters. The summed E-state index contributed by atoms with van der Waals surface area (Å²) in [4.78, 5) is 1.88. The number of benzene rings is 9. The molecular weight excluding hydrogens is 639 g/mol. The van der Waals surface area contributed by atoms with E-state index in [4.69, 9.17) is 0 Å². The Balaban J connectivity index is 1.23. The fraction of sp³-hybridized carbons (Fsp3) is 0. The Morgan fingerprint density at radius 1 is 0.321 bits per heavy atom. The molecule has 0 spiro atoms. The van der Waals surface area contributed by atoms with Crippen molar-refractivity contribution in [3.63, 3.8) is 0 Å². The standard InChI is InChI=1S/C52H37N/c1-4-15-38(16-5-1)44-22-14-23-45(37-44)39-27-32-46(33-28-39)53(51-26-13-12-24-48(51)40-17-6-2-7-18-40)47-34-29-42(30-35-47)50-36-31-41-19-10-11-25-49(41)52(50)43-20-8-3-9-21-43/h1-37H/i27D,28D,32D,33D. The maximum absolute atomic E-state index is 9.59. The van der Waals surface area contributed by atoms with Crippen molar-refractivity contribution in [3.8, 4) is 55.6 Å². The van der Waals surface area contributed by atoms with E-state index in [2.05, 4.69) is 72.8 Å². The highest BCUT2D eigenvalue weighted by Gasteiger charge is 2.18. The average molecular weight is 680 g/mol. The maximum atomic E-state index is 9.59. The van der Waals surface area contributed by atoms with E-state index >= 15 is 0 Å². The second-order valence-electron chi connectivity index (χ2n) is 13.0. The minimum atomic E-state index is -0.121. The van der Waals surface area contributed by atoms with Crippen LogP contribution in [-0.4, -0.2) is 0 Å². The number of hydrogen-bond donors (Lipinski definition) is 0. The molecule has 250 valence electrons. The van der Waals surface area contributed by atoms with Crippen molar-refractivity contribution in [1.82, 2.24) is 0 Å². The lowest BCUT2D eigenvalue weighted by Crippen LogP contribution is -2.11. The van der Waals surface area contributed by atoms with Gasteiger partial charge in [-0.3, -0.25) is 0 Å². The predicted molar refractivity (Wildman–Crippen MR) is 226 cm³/mol. The molecule has 0 aliphatic heterocycles. The summed E-state index contributed by atoms with van der Waals surface area (Å²) >= 11 is 0. The molecule has 9 rings (SSSR count). The largest absolute Gasteiger partial charge is 0.310 e. The molecule has 9 aromatic carbocycles. The summed E-state index contributed by atoms with van der Waals surface area (Å²) in [5.41, 5.74) is 10.8. The van der Waals surface area contributed by atoms with Gasteiger partial charge in [0, 0.05) is 16.9 Å². The zero-order chi connectivity index (χ0) is 38.9. The molecule has 0 bridgehead atoms. The first kappa shape index (κ1) is 27.7. The Kier molecular flexibility index (Phi) is 7.50. The van der Waals surface area contributed by atoms with Gasteiger partial charge < -0.3 is 4.90 Å². The van der Waals surface area contributed by atoms with Gasteiger partial charge in [-0.05, 0) is 97.2 Å². The molecule has 53 heavy (non-hydrogen) atoms. The molecule has 1 heteroatoms. The lowest BCUT2D eigenvalue weighted by Gasteiger charge is -2.28. The van der Waals surface area contributed by atoms with Crippen LogP contribution in [-0.2, 0) is 0 Å². The van der Waals surface area contributed by atoms with Crippen LogP contribution in [0.4, 0.5) is 17.1 Å². The number of hydrogen-bond acceptors (Lipinski definition) is 1. The van der Waals surface area contributed by atoms with Gasteiger partial charge in [0.25, 0.3) is 0 Å². The van der Waals surface area contributed by atoms with Crippen LogP contribution in [0.2, 0.25) is 0 Å². The highest BCUT2D eigenvalue weighted by Crippen LogP contribution is 2.43. The highest BCUT2D eigenvalue weighted by atomic mass is 15.1. The van der Waals surface area contributed by atoms with Crippen molar-refractivity contribution >= 4 is 27.8 Å². The first-order valence-electron chi connectivity index (χ1n) is 19.9. The van der Waals surface area contributed by atoms with Crippen molar-refractivity contribution < 1.29 is 5.48 Å². The zero-order valence-corrected chi connectivity index (χ0v) is 29.0. The molecule has 0 heterocycles. The van der Waals surface area contributed by atoms with E-state index in [-0.39, 0.29) is 35.4 Å². The normalized spacial score (nSPS) is 12.1. The first-order chi connectivity index (χ1) is 28.0. The molecule has 0 aliphatic carbocycles. The lowest BCUT2D eigenvalue weighted by atomic mass is 9.89. The summed E-state index contributed by atoms with van der Waals surface area (Å²) in [6.45, 7) is 0. The van der Waals surface area contributed by atoms with Gasteiger partial charge in [-0.15, -0.1) is 0 Å². The Hall–Kier alpha value is -6.96. The first-order valence-corrected chi connectivity index (χ1v) is 17.9. The molecule has 0 aromatic heterocycles. The Bertz CT molecular complexity index is 2840. The van der Waals surface area contributed by atoms with Crippen LogP contribution in [0.15, 0.2) is 224 Å². The predicted octanol–water partition coefficient (Wildman–Crippen LogP) is 14.6. The molecule has 0 aliphatic rings. The van der Waals surface area contributed by atoms with Gasteiger partial charge in [0.1, 0.15) is 0 Å². The second kappa shape index (κ2) is 14.3. The SMILES string of the molecule is [2H]c1c([2H])c(N(c2ccc(-c3ccc4ccccc4c3-c3ccccc3)cc2)c2ccccc2-c2ccccc2)c([2H])c([2H])c1-c1cccc(-c2ccccc2)c1. The summed E-state index contributed by atoms with van der Waals surface area (Å²) in [7, 11) is 0. The minimum Gasteiger partial charge on any atom is -0.310 e. The van der Waals surface area contributed by atoms with Crippen LogP contribution in [0, 0.1) is 0 Å². The van der Waals surface area contributed by atoms with Crippen LogP contribution in [0.3, 0.4) is 0 Å². The van der Waals surface area contributed by atoms with Gasteiger partial charge in [-0.25, -0.2) is 0 Å². The van der Waals surface area contributed by atoms with E-state index < -0.39 is 0 Å². The topological polar surface area (TPSA) is 3.24 Å². The molecule has 0 amide bonds. The number of rotatable bonds is 8. The molecule has 0 unspecified atom stereocenters. The molecule has 0 saturated heterocycles. The molecule has 1 nitrogen and oxygen atoms in total. The summed E-state index contributed by atoms with van der Waals surface area (Å²) in [6, 6.07) is 66.7. The van der Waals surface area contributed by atoms with E-state index in [1.54, 1.807) is 0 Å². The maximum Gasteiger partial charge on any atom is 0.0645 e.